The molecule has 0 saturated heterocycles. The van der Waals surface area contributed by atoms with E-state index in [1.54, 1.807) is 32.0 Å². The van der Waals surface area contributed by atoms with E-state index in [9.17, 15) is 14.4 Å². The second-order valence-electron chi connectivity index (χ2n) is 4.54. The van der Waals surface area contributed by atoms with Crippen LogP contribution in [0.2, 0.25) is 0 Å². The van der Waals surface area contributed by atoms with Gasteiger partial charge in [-0.2, -0.15) is 0 Å². The standard InChI is InChI=1S/C15H18N2O3/c1-5-10(3)16-14(19)15(20)17-12-6-7-13(11(4)18)9(2)8-12/h5-8,10H,1H2,2-4H3,(H,16,19)(H,17,20)/t10-/m1/s1. The van der Waals surface area contributed by atoms with E-state index in [4.69, 9.17) is 0 Å². The van der Waals surface area contributed by atoms with Gasteiger partial charge in [-0.25, -0.2) is 0 Å². The van der Waals surface area contributed by atoms with E-state index in [1.165, 1.54) is 13.0 Å². The maximum Gasteiger partial charge on any atom is 0.313 e. The van der Waals surface area contributed by atoms with Gasteiger partial charge in [0.2, 0.25) is 0 Å². The molecule has 0 unspecified atom stereocenters. The fourth-order valence-electron chi connectivity index (χ4n) is 1.66. The summed E-state index contributed by atoms with van der Waals surface area (Å²) < 4.78 is 0. The number of carbonyl (C=O) groups is 3. The molecule has 0 aliphatic carbocycles. The smallest absolute Gasteiger partial charge is 0.313 e. The summed E-state index contributed by atoms with van der Waals surface area (Å²) in [6, 6.07) is 4.58. The molecule has 0 aliphatic heterocycles. The summed E-state index contributed by atoms with van der Waals surface area (Å²) in [5.41, 5.74) is 1.81. The fourth-order valence-corrected chi connectivity index (χ4v) is 1.66. The lowest BCUT2D eigenvalue weighted by atomic mass is 10.0. The lowest BCUT2D eigenvalue weighted by Crippen LogP contribution is -2.39. The maximum atomic E-state index is 11.7. The van der Waals surface area contributed by atoms with E-state index in [-0.39, 0.29) is 11.8 Å². The Balaban J connectivity index is 2.76. The van der Waals surface area contributed by atoms with Crippen LogP contribution < -0.4 is 10.6 Å². The predicted octanol–water partition coefficient (Wildman–Crippen LogP) is 1.83. The highest BCUT2D eigenvalue weighted by molar-refractivity contribution is 6.39. The second kappa shape index (κ2) is 6.65. The number of Topliss-reactive ketones (excluding diaryl/α,β-unsaturated/α-hetero) is 1. The maximum absolute atomic E-state index is 11.7. The normalized spacial score (nSPS) is 11.3. The number of carbonyl (C=O) groups excluding carboxylic acids is 3. The molecule has 0 aromatic heterocycles. The summed E-state index contributed by atoms with van der Waals surface area (Å²) in [5.74, 6) is -1.53. The Hall–Kier alpha value is -2.43. The zero-order valence-corrected chi connectivity index (χ0v) is 11.8. The highest BCUT2D eigenvalue weighted by Gasteiger charge is 2.15. The molecule has 0 aliphatic rings. The van der Waals surface area contributed by atoms with Gasteiger partial charge in [-0.3, -0.25) is 14.4 Å². The molecule has 2 amide bonds. The van der Waals surface area contributed by atoms with E-state index in [2.05, 4.69) is 17.2 Å². The van der Waals surface area contributed by atoms with E-state index in [0.29, 0.717) is 11.3 Å². The third-order valence-corrected chi connectivity index (χ3v) is 2.78. The Morgan fingerprint density at radius 2 is 1.90 bits per heavy atom. The van der Waals surface area contributed by atoms with Gasteiger partial charge in [0.15, 0.2) is 5.78 Å². The van der Waals surface area contributed by atoms with Crippen LogP contribution in [0.3, 0.4) is 0 Å². The number of benzene rings is 1. The van der Waals surface area contributed by atoms with Gasteiger partial charge in [0, 0.05) is 17.3 Å². The summed E-state index contributed by atoms with van der Waals surface area (Å²) in [4.78, 5) is 34.5. The van der Waals surface area contributed by atoms with E-state index >= 15 is 0 Å². The van der Waals surface area contributed by atoms with Crippen molar-refractivity contribution in [2.24, 2.45) is 0 Å². The van der Waals surface area contributed by atoms with Crippen molar-refractivity contribution < 1.29 is 14.4 Å². The molecule has 0 bridgehead atoms. The SMILES string of the molecule is C=C[C@@H](C)NC(=O)C(=O)Nc1ccc(C(C)=O)c(C)c1. The van der Waals surface area contributed by atoms with Crippen LogP contribution in [0.15, 0.2) is 30.9 Å². The summed E-state index contributed by atoms with van der Waals surface area (Å²) in [6.45, 7) is 8.48. The average molecular weight is 274 g/mol. The Morgan fingerprint density at radius 3 is 2.40 bits per heavy atom. The first-order valence-electron chi connectivity index (χ1n) is 6.21. The summed E-state index contributed by atoms with van der Waals surface area (Å²) in [7, 11) is 0. The van der Waals surface area contributed by atoms with Crippen LogP contribution in [-0.2, 0) is 9.59 Å². The Morgan fingerprint density at radius 1 is 1.25 bits per heavy atom. The first-order valence-corrected chi connectivity index (χ1v) is 6.21. The van der Waals surface area contributed by atoms with Crippen LogP contribution in [0.25, 0.3) is 0 Å². The second-order valence-corrected chi connectivity index (χ2v) is 4.54. The molecule has 0 heterocycles. The number of anilines is 1. The Kier molecular flexibility index (Phi) is 5.20. The zero-order chi connectivity index (χ0) is 15.3. The molecule has 2 N–H and O–H groups in total. The molecular formula is C15H18N2O3. The molecular weight excluding hydrogens is 256 g/mol. The third kappa shape index (κ3) is 4.05. The first kappa shape index (κ1) is 15.6. The van der Waals surface area contributed by atoms with Crippen LogP contribution in [0.5, 0.6) is 0 Å². The highest BCUT2D eigenvalue weighted by Crippen LogP contribution is 2.15. The van der Waals surface area contributed by atoms with Crippen molar-refractivity contribution in [3.8, 4) is 0 Å². The number of hydrogen-bond donors (Lipinski definition) is 2. The largest absolute Gasteiger partial charge is 0.342 e. The third-order valence-electron chi connectivity index (χ3n) is 2.78. The minimum absolute atomic E-state index is 0.0436. The lowest BCUT2D eigenvalue weighted by Gasteiger charge is -2.10. The molecule has 0 radical (unpaired) electrons. The summed E-state index contributed by atoms with van der Waals surface area (Å²) >= 11 is 0. The van der Waals surface area contributed by atoms with Crippen molar-refractivity contribution in [2.75, 3.05) is 5.32 Å². The van der Waals surface area contributed by atoms with Crippen molar-refractivity contribution in [1.82, 2.24) is 5.32 Å². The average Bonchev–Trinajstić information content (AvgIpc) is 2.37. The van der Waals surface area contributed by atoms with Crippen LogP contribution in [-0.4, -0.2) is 23.6 Å². The van der Waals surface area contributed by atoms with Crippen molar-refractivity contribution in [1.29, 1.82) is 0 Å². The molecule has 1 aromatic rings. The number of hydrogen-bond acceptors (Lipinski definition) is 3. The highest BCUT2D eigenvalue weighted by atomic mass is 16.2. The number of ketones is 1. The number of amides is 2. The van der Waals surface area contributed by atoms with Gasteiger partial charge in [-0.15, -0.1) is 6.58 Å². The van der Waals surface area contributed by atoms with Crippen LogP contribution in [0.1, 0.15) is 29.8 Å². The first-order chi connectivity index (χ1) is 9.35. The Bertz CT molecular complexity index is 564. The van der Waals surface area contributed by atoms with E-state index in [0.717, 1.165) is 5.56 Å². The summed E-state index contributed by atoms with van der Waals surface area (Å²) in [5, 5.41) is 4.95. The van der Waals surface area contributed by atoms with Crippen molar-refractivity contribution in [2.45, 2.75) is 26.8 Å². The molecule has 5 heteroatoms. The molecule has 1 rings (SSSR count). The van der Waals surface area contributed by atoms with Gasteiger partial charge < -0.3 is 10.6 Å². The topological polar surface area (TPSA) is 75.3 Å². The molecule has 1 aromatic carbocycles. The molecule has 5 nitrogen and oxygen atoms in total. The monoisotopic (exact) mass is 274 g/mol. The van der Waals surface area contributed by atoms with Crippen molar-refractivity contribution in [3.63, 3.8) is 0 Å². The van der Waals surface area contributed by atoms with Gasteiger partial charge >= 0.3 is 11.8 Å². The fraction of sp³-hybridized carbons (Fsp3) is 0.267. The van der Waals surface area contributed by atoms with Gasteiger partial charge in [0.05, 0.1) is 0 Å². The van der Waals surface area contributed by atoms with E-state index in [1.807, 2.05) is 0 Å². The molecule has 106 valence electrons. The van der Waals surface area contributed by atoms with Gasteiger partial charge in [0.1, 0.15) is 0 Å². The number of nitrogens with one attached hydrogen (secondary N) is 2. The number of aryl methyl sites for hydroxylation is 1. The van der Waals surface area contributed by atoms with Gasteiger partial charge in [0.25, 0.3) is 0 Å². The zero-order valence-electron chi connectivity index (χ0n) is 11.8. The molecule has 0 spiro atoms. The number of rotatable bonds is 4. The summed E-state index contributed by atoms with van der Waals surface area (Å²) in [6.07, 6.45) is 1.52. The van der Waals surface area contributed by atoms with Crippen molar-refractivity contribution >= 4 is 23.3 Å². The van der Waals surface area contributed by atoms with Crippen molar-refractivity contribution in [3.05, 3.63) is 42.0 Å². The molecule has 0 saturated carbocycles. The molecule has 0 fully saturated rings. The minimum atomic E-state index is -0.756. The van der Waals surface area contributed by atoms with Crippen LogP contribution in [0.4, 0.5) is 5.69 Å². The van der Waals surface area contributed by atoms with Crippen LogP contribution >= 0.6 is 0 Å². The Labute approximate surface area is 118 Å². The quantitative estimate of drug-likeness (QED) is 0.499. The lowest BCUT2D eigenvalue weighted by molar-refractivity contribution is -0.136. The molecule has 1 atom stereocenters. The van der Waals surface area contributed by atoms with E-state index < -0.39 is 11.8 Å². The van der Waals surface area contributed by atoms with Crippen LogP contribution in [0, 0.1) is 6.92 Å². The van der Waals surface area contributed by atoms with Gasteiger partial charge in [-0.1, -0.05) is 6.08 Å². The minimum Gasteiger partial charge on any atom is -0.342 e. The predicted molar refractivity (Wildman–Crippen MR) is 77.6 cm³/mol. The van der Waals surface area contributed by atoms with Gasteiger partial charge in [-0.05, 0) is 44.5 Å². The molecule has 20 heavy (non-hydrogen) atoms.